The average molecular weight is 282 g/mol. The van der Waals surface area contributed by atoms with Gasteiger partial charge in [0, 0.05) is 26.7 Å². The Morgan fingerprint density at radius 1 is 1.32 bits per heavy atom. The first-order valence-electron chi connectivity index (χ1n) is 6.75. The van der Waals surface area contributed by atoms with Gasteiger partial charge in [-0.05, 0) is 24.3 Å². The third kappa shape index (κ3) is 3.55. The normalized spacial score (nSPS) is 21.7. The van der Waals surface area contributed by atoms with E-state index in [-0.39, 0.29) is 0 Å². The molecule has 19 heavy (non-hydrogen) atoms. The van der Waals surface area contributed by atoms with E-state index in [9.17, 15) is 8.42 Å². The van der Waals surface area contributed by atoms with E-state index in [4.69, 9.17) is 0 Å². The highest BCUT2D eigenvalue weighted by atomic mass is 32.2. The number of nitrogens with zero attached hydrogens (tertiary/aromatic N) is 2. The average Bonchev–Trinajstić information content (AvgIpc) is 2.40. The molecule has 1 saturated heterocycles. The van der Waals surface area contributed by atoms with Gasteiger partial charge in [0.2, 0.25) is 0 Å². The van der Waals surface area contributed by atoms with Crippen LogP contribution in [-0.4, -0.2) is 37.2 Å². The minimum absolute atomic E-state index is 0.425. The molecule has 2 rings (SSSR count). The summed E-state index contributed by atoms with van der Waals surface area (Å²) < 4.78 is 28.0. The van der Waals surface area contributed by atoms with Crippen molar-refractivity contribution in [2.24, 2.45) is 5.92 Å². The topological polar surface area (TPSA) is 40.6 Å². The van der Waals surface area contributed by atoms with Gasteiger partial charge < -0.3 is 0 Å². The fourth-order valence-corrected chi connectivity index (χ4v) is 3.98. The molecule has 0 N–H and O–H groups in total. The first-order valence-corrected chi connectivity index (χ1v) is 8.15. The molecule has 106 valence electrons. The van der Waals surface area contributed by atoms with Crippen molar-refractivity contribution in [2.75, 3.05) is 20.1 Å². The number of benzene rings is 1. The minimum Gasteiger partial charge on any atom is -0.195 e. The molecule has 1 unspecified atom stereocenters. The van der Waals surface area contributed by atoms with Crippen molar-refractivity contribution in [3.63, 3.8) is 0 Å². The van der Waals surface area contributed by atoms with E-state index in [1.54, 1.807) is 11.4 Å². The predicted molar refractivity (Wildman–Crippen MR) is 76.8 cm³/mol. The maximum Gasteiger partial charge on any atom is 0.282 e. The Bertz CT molecular complexity index is 501. The second-order valence-corrected chi connectivity index (χ2v) is 7.39. The maximum atomic E-state index is 12.5. The van der Waals surface area contributed by atoms with Crippen molar-refractivity contribution in [3.8, 4) is 0 Å². The van der Waals surface area contributed by atoms with E-state index in [1.165, 1.54) is 4.31 Å². The molecule has 4 nitrogen and oxygen atoms in total. The molecule has 5 heteroatoms. The van der Waals surface area contributed by atoms with Crippen LogP contribution >= 0.6 is 0 Å². The molecule has 1 aromatic carbocycles. The lowest BCUT2D eigenvalue weighted by molar-refractivity contribution is 0.263. The van der Waals surface area contributed by atoms with Crippen LogP contribution in [0.15, 0.2) is 30.3 Å². The Hall–Kier alpha value is -0.910. The highest BCUT2D eigenvalue weighted by Crippen LogP contribution is 2.20. The summed E-state index contributed by atoms with van der Waals surface area (Å²) in [5.74, 6) is 0.452. The van der Waals surface area contributed by atoms with E-state index in [1.807, 2.05) is 30.3 Å². The molecule has 1 atom stereocenters. The second kappa shape index (κ2) is 6.03. The Kier molecular flexibility index (Phi) is 4.60. The van der Waals surface area contributed by atoms with Crippen LogP contribution in [0.1, 0.15) is 25.3 Å². The van der Waals surface area contributed by atoms with E-state index >= 15 is 0 Å². The summed E-state index contributed by atoms with van der Waals surface area (Å²) in [6.45, 7) is 3.82. The van der Waals surface area contributed by atoms with Crippen LogP contribution in [0.2, 0.25) is 0 Å². The van der Waals surface area contributed by atoms with Crippen molar-refractivity contribution in [1.82, 2.24) is 8.61 Å². The number of rotatable bonds is 4. The molecule has 0 radical (unpaired) electrons. The third-order valence-corrected chi connectivity index (χ3v) is 5.49. The zero-order chi connectivity index (χ0) is 13.9. The van der Waals surface area contributed by atoms with Crippen LogP contribution in [0, 0.1) is 5.92 Å². The lowest BCUT2D eigenvalue weighted by Gasteiger charge is -2.33. The molecule has 1 aliphatic rings. The first kappa shape index (κ1) is 14.5. The van der Waals surface area contributed by atoms with E-state index in [0.717, 1.165) is 18.4 Å². The Morgan fingerprint density at radius 3 is 2.63 bits per heavy atom. The largest absolute Gasteiger partial charge is 0.282 e. The summed E-state index contributed by atoms with van der Waals surface area (Å²) >= 11 is 0. The van der Waals surface area contributed by atoms with Crippen molar-refractivity contribution in [1.29, 1.82) is 0 Å². The maximum absolute atomic E-state index is 12.5. The van der Waals surface area contributed by atoms with Gasteiger partial charge in [-0.15, -0.1) is 0 Å². The molecule has 0 aliphatic carbocycles. The second-order valence-electron chi connectivity index (χ2n) is 5.35. The van der Waals surface area contributed by atoms with E-state index in [2.05, 4.69) is 6.92 Å². The molecule has 0 aromatic heterocycles. The van der Waals surface area contributed by atoms with Gasteiger partial charge in [0.1, 0.15) is 0 Å². The van der Waals surface area contributed by atoms with Gasteiger partial charge in [0.25, 0.3) is 10.2 Å². The minimum atomic E-state index is -3.33. The molecule has 0 saturated carbocycles. The van der Waals surface area contributed by atoms with Gasteiger partial charge in [0.05, 0.1) is 0 Å². The molecule has 1 heterocycles. The zero-order valence-electron chi connectivity index (χ0n) is 11.6. The first-order chi connectivity index (χ1) is 9.00. The van der Waals surface area contributed by atoms with Gasteiger partial charge in [-0.3, -0.25) is 0 Å². The Balaban J connectivity index is 2.06. The van der Waals surface area contributed by atoms with Crippen molar-refractivity contribution >= 4 is 10.2 Å². The summed E-state index contributed by atoms with van der Waals surface area (Å²) in [5, 5.41) is 0. The van der Waals surface area contributed by atoms with Gasteiger partial charge in [-0.1, -0.05) is 37.3 Å². The third-order valence-electron chi connectivity index (χ3n) is 3.59. The number of piperidine rings is 1. The molecular weight excluding hydrogens is 260 g/mol. The predicted octanol–water partition coefficient (Wildman–Crippen LogP) is 2.10. The smallest absolute Gasteiger partial charge is 0.195 e. The zero-order valence-corrected chi connectivity index (χ0v) is 12.4. The SMILES string of the molecule is CC1CCCN(S(=O)(=O)N(C)Cc2ccccc2)C1. The van der Waals surface area contributed by atoms with E-state index in [0.29, 0.717) is 25.6 Å². The number of hydrogen-bond acceptors (Lipinski definition) is 2. The Morgan fingerprint density at radius 2 is 2.00 bits per heavy atom. The van der Waals surface area contributed by atoms with Crippen LogP contribution < -0.4 is 0 Å². The molecule has 1 aromatic rings. The van der Waals surface area contributed by atoms with E-state index < -0.39 is 10.2 Å². The number of hydrogen-bond donors (Lipinski definition) is 0. The molecular formula is C14H22N2O2S. The van der Waals surface area contributed by atoms with Gasteiger partial charge in [-0.25, -0.2) is 0 Å². The summed E-state index contributed by atoms with van der Waals surface area (Å²) in [6, 6.07) is 9.69. The fourth-order valence-electron chi connectivity index (χ4n) is 2.48. The van der Waals surface area contributed by atoms with Crippen LogP contribution in [0.5, 0.6) is 0 Å². The van der Waals surface area contributed by atoms with Crippen LogP contribution in [-0.2, 0) is 16.8 Å². The molecule has 0 bridgehead atoms. The quantitative estimate of drug-likeness (QED) is 0.848. The fraction of sp³-hybridized carbons (Fsp3) is 0.571. The van der Waals surface area contributed by atoms with Gasteiger partial charge in [-0.2, -0.15) is 17.0 Å². The summed E-state index contributed by atoms with van der Waals surface area (Å²) in [5.41, 5.74) is 1.01. The van der Waals surface area contributed by atoms with Crippen LogP contribution in [0.4, 0.5) is 0 Å². The van der Waals surface area contributed by atoms with Gasteiger partial charge in [0.15, 0.2) is 0 Å². The van der Waals surface area contributed by atoms with Crippen molar-refractivity contribution < 1.29 is 8.42 Å². The molecule has 1 fully saturated rings. The summed E-state index contributed by atoms with van der Waals surface area (Å²) in [7, 11) is -1.67. The monoisotopic (exact) mass is 282 g/mol. The van der Waals surface area contributed by atoms with Crippen LogP contribution in [0.25, 0.3) is 0 Å². The summed E-state index contributed by atoms with van der Waals surface area (Å²) in [4.78, 5) is 0. The molecule has 0 spiro atoms. The standard InChI is InChI=1S/C14H22N2O2S/c1-13-7-6-10-16(11-13)19(17,18)15(2)12-14-8-4-3-5-9-14/h3-5,8-9,13H,6-7,10-12H2,1-2H3. The lowest BCUT2D eigenvalue weighted by atomic mass is 10.0. The van der Waals surface area contributed by atoms with Crippen LogP contribution in [0.3, 0.4) is 0 Å². The molecule has 0 amide bonds. The highest BCUT2D eigenvalue weighted by Gasteiger charge is 2.30. The van der Waals surface area contributed by atoms with Crippen molar-refractivity contribution in [2.45, 2.75) is 26.3 Å². The highest BCUT2D eigenvalue weighted by molar-refractivity contribution is 7.86. The van der Waals surface area contributed by atoms with Crippen molar-refractivity contribution in [3.05, 3.63) is 35.9 Å². The summed E-state index contributed by atoms with van der Waals surface area (Å²) in [6.07, 6.45) is 2.08. The van der Waals surface area contributed by atoms with Gasteiger partial charge >= 0.3 is 0 Å². The Labute approximate surface area is 116 Å². The lowest BCUT2D eigenvalue weighted by Crippen LogP contribution is -2.45. The molecule has 1 aliphatic heterocycles.